The lowest BCUT2D eigenvalue weighted by atomic mass is 9.98. The van der Waals surface area contributed by atoms with Gasteiger partial charge in [-0.1, -0.05) is 29.8 Å². The normalized spacial score (nSPS) is 15.9. The van der Waals surface area contributed by atoms with Crippen molar-refractivity contribution in [3.8, 4) is 5.75 Å². The van der Waals surface area contributed by atoms with Gasteiger partial charge in [0.05, 0.1) is 17.9 Å². The molecule has 150 valence electrons. The first-order chi connectivity index (χ1) is 13.4. The van der Waals surface area contributed by atoms with Crippen LogP contribution in [0.25, 0.3) is 0 Å². The quantitative estimate of drug-likeness (QED) is 0.665. The molecule has 0 unspecified atom stereocenters. The third-order valence-electron chi connectivity index (χ3n) is 4.81. The van der Waals surface area contributed by atoms with Crippen LogP contribution in [0.5, 0.6) is 5.75 Å². The third kappa shape index (κ3) is 4.66. The summed E-state index contributed by atoms with van der Waals surface area (Å²) in [6.07, 6.45) is 0.855. The number of sulfonamides is 1. The standard InChI is InChI=1S/C20H22ClNO5S/c1-26-17-6-8-18(9-7-17)28(24,25)22-12-10-15(11-13-22)20(23)27-14-16-4-2-3-5-19(16)21/h2-9,15H,10-14H2,1H3. The Balaban J connectivity index is 1.55. The van der Waals surface area contributed by atoms with Crippen LogP contribution < -0.4 is 4.74 Å². The van der Waals surface area contributed by atoms with Gasteiger partial charge in [0, 0.05) is 23.7 Å². The van der Waals surface area contributed by atoms with Crippen molar-refractivity contribution in [3.63, 3.8) is 0 Å². The first kappa shape index (κ1) is 20.6. The lowest BCUT2D eigenvalue weighted by Crippen LogP contribution is -2.40. The van der Waals surface area contributed by atoms with Gasteiger partial charge in [0.1, 0.15) is 12.4 Å². The van der Waals surface area contributed by atoms with E-state index in [1.54, 1.807) is 24.3 Å². The minimum absolute atomic E-state index is 0.114. The van der Waals surface area contributed by atoms with Crippen molar-refractivity contribution in [2.45, 2.75) is 24.3 Å². The van der Waals surface area contributed by atoms with Crippen LogP contribution in [0.4, 0.5) is 0 Å². The first-order valence-corrected chi connectivity index (χ1v) is 10.8. The van der Waals surface area contributed by atoms with E-state index < -0.39 is 10.0 Å². The summed E-state index contributed by atoms with van der Waals surface area (Å²) in [6.45, 7) is 0.670. The number of piperidine rings is 1. The summed E-state index contributed by atoms with van der Waals surface area (Å²) < 4.78 is 37.4. The Hall–Kier alpha value is -2.09. The maximum absolute atomic E-state index is 12.8. The number of ether oxygens (including phenoxy) is 2. The molecule has 2 aromatic carbocycles. The van der Waals surface area contributed by atoms with Crippen molar-refractivity contribution in [1.29, 1.82) is 0 Å². The summed E-state index contributed by atoms with van der Waals surface area (Å²) in [5.74, 6) is -0.0369. The van der Waals surface area contributed by atoms with Crippen LogP contribution in [0.3, 0.4) is 0 Å². The summed E-state index contributed by atoms with van der Waals surface area (Å²) in [5, 5.41) is 0.552. The smallest absolute Gasteiger partial charge is 0.309 e. The molecule has 0 N–H and O–H groups in total. The Kier molecular flexibility index (Phi) is 6.59. The molecule has 0 bridgehead atoms. The monoisotopic (exact) mass is 423 g/mol. The zero-order valence-corrected chi connectivity index (χ0v) is 17.1. The number of hydrogen-bond acceptors (Lipinski definition) is 5. The second kappa shape index (κ2) is 8.94. The van der Waals surface area contributed by atoms with Gasteiger partial charge in [-0.05, 0) is 43.2 Å². The average Bonchev–Trinajstić information content (AvgIpc) is 2.73. The Bertz CT molecular complexity index is 922. The molecule has 0 aliphatic carbocycles. The molecule has 0 atom stereocenters. The SMILES string of the molecule is COc1ccc(S(=O)(=O)N2CCC(C(=O)OCc3ccccc3Cl)CC2)cc1. The van der Waals surface area contributed by atoms with E-state index in [-0.39, 0.29) is 36.5 Å². The summed E-state index contributed by atoms with van der Waals surface area (Å²) in [4.78, 5) is 12.5. The van der Waals surface area contributed by atoms with Gasteiger partial charge in [-0.3, -0.25) is 4.79 Å². The van der Waals surface area contributed by atoms with Crippen LogP contribution in [0.1, 0.15) is 18.4 Å². The molecule has 0 aromatic heterocycles. The maximum atomic E-state index is 12.8. The lowest BCUT2D eigenvalue weighted by Gasteiger charge is -2.30. The molecule has 1 heterocycles. The van der Waals surface area contributed by atoms with E-state index in [4.69, 9.17) is 21.1 Å². The Morgan fingerprint density at radius 3 is 2.36 bits per heavy atom. The molecule has 28 heavy (non-hydrogen) atoms. The average molecular weight is 424 g/mol. The molecule has 0 spiro atoms. The number of halogens is 1. The number of hydrogen-bond donors (Lipinski definition) is 0. The van der Waals surface area contributed by atoms with Crippen molar-refractivity contribution >= 4 is 27.6 Å². The summed E-state index contributed by atoms with van der Waals surface area (Å²) in [6, 6.07) is 13.5. The van der Waals surface area contributed by atoms with Gasteiger partial charge in [0.2, 0.25) is 10.0 Å². The zero-order valence-electron chi connectivity index (χ0n) is 15.5. The number of carbonyl (C=O) groups is 1. The van der Waals surface area contributed by atoms with Crippen molar-refractivity contribution in [1.82, 2.24) is 4.31 Å². The Morgan fingerprint density at radius 1 is 1.11 bits per heavy atom. The highest BCUT2D eigenvalue weighted by molar-refractivity contribution is 7.89. The summed E-state index contributed by atoms with van der Waals surface area (Å²) in [7, 11) is -2.06. The minimum atomic E-state index is -3.59. The fraction of sp³-hybridized carbons (Fsp3) is 0.350. The highest BCUT2D eigenvalue weighted by atomic mass is 35.5. The van der Waals surface area contributed by atoms with Gasteiger partial charge >= 0.3 is 5.97 Å². The fourth-order valence-corrected chi connectivity index (χ4v) is 4.77. The second-order valence-corrected chi connectivity index (χ2v) is 8.90. The first-order valence-electron chi connectivity index (χ1n) is 8.96. The van der Waals surface area contributed by atoms with Crippen LogP contribution >= 0.6 is 11.6 Å². The van der Waals surface area contributed by atoms with Crippen LogP contribution in [0.2, 0.25) is 5.02 Å². The van der Waals surface area contributed by atoms with Crippen LogP contribution in [0.15, 0.2) is 53.4 Å². The molecule has 1 saturated heterocycles. The Morgan fingerprint density at radius 2 is 1.75 bits per heavy atom. The third-order valence-corrected chi connectivity index (χ3v) is 7.09. The molecule has 1 aliphatic rings. The van der Waals surface area contributed by atoms with E-state index in [0.29, 0.717) is 23.6 Å². The molecular formula is C20H22ClNO5S. The highest BCUT2D eigenvalue weighted by Gasteiger charge is 2.32. The predicted molar refractivity (Wildman–Crippen MR) is 106 cm³/mol. The fourth-order valence-electron chi connectivity index (χ4n) is 3.11. The number of esters is 1. The summed E-state index contributed by atoms with van der Waals surface area (Å²) in [5.41, 5.74) is 0.747. The van der Waals surface area contributed by atoms with Gasteiger partial charge in [-0.2, -0.15) is 4.31 Å². The number of methoxy groups -OCH3 is 1. The molecule has 1 fully saturated rings. The van der Waals surface area contributed by atoms with Crippen LogP contribution in [-0.4, -0.2) is 38.9 Å². The van der Waals surface area contributed by atoms with Gasteiger partial charge in [-0.15, -0.1) is 0 Å². The number of rotatable bonds is 6. The molecule has 2 aromatic rings. The van der Waals surface area contributed by atoms with E-state index >= 15 is 0 Å². The van der Waals surface area contributed by atoms with E-state index in [1.165, 1.54) is 23.5 Å². The van der Waals surface area contributed by atoms with Crippen molar-refractivity contribution in [2.24, 2.45) is 5.92 Å². The number of benzene rings is 2. The largest absolute Gasteiger partial charge is 0.497 e. The second-order valence-electron chi connectivity index (χ2n) is 6.55. The van der Waals surface area contributed by atoms with Crippen molar-refractivity contribution in [3.05, 3.63) is 59.1 Å². The topological polar surface area (TPSA) is 72.9 Å². The molecule has 0 saturated carbocycles. The Labute approximate surface area is 170 Å². The minimum Gasteiger partial charge on any atom is -0.497 e. The van der Waals surface area contributed by atoms with Gasteiger partial charge in [0.15, 0.2) is 0 Å². The van der Waals surface area contributed by atoms with E-state index in [0.717, 1.165) is 5.56 Å². The summed E-state index contributed by atoms with van der Waals surface area (Å²) >= 11 is 6.07. The molecule has 0 amide bonds. The van der Waals surface area contributed by atoms with Gasteiger partial charge in [-0.25, -0.2) is 8.42 Å². The molecule has 1 aliphatic heterocycles. The van der Waals surface area contributed by atoms with Gasteiger partial charge in [0.25, 0.3) is 0 Å². The highest BCUT2D eigenvalue weighted by Crippen LogP contribution is 2.26. The molecular weight excluding hydrogens is 402 g/mol. The maximum Gasteiger partial charge on any atom is 0.309 e. The lowest BCUT2D eigenvalue weighted by molar-refractivity contribution is -0.151. The van der Waals surface area contributed by atoms with Gasteiger partial charge < -0.3 is 9.47 Å². The van der Waals surface area contributed by atoms with Crippen LogP contribution in [0, 0.1) is 5.92 Å². The molecule has 8 heteroatoms. The van der Waals surface area contributed by atoms with E-state index in [9.17, 15) is 13.2 Å². The molecule has 0 radical (unpaired) electrons. The van der Waals surface area contributed by atoms with E-state index in [1.807, 2.05) is 12.1 Å². The van der Waals surface area contributed by atoms with Crippen molar-refractivity contribution in [2.75, 3.05) is 20.2 Å². The number of carbonyl (C=O) groups excluding carboxylic acids is 1. The predicted octanol–water partition coefficient (Wildman–Crippen LogP) is 3.49. The van der Waals surface area contributed by atoms with Crippen LogP contribution in [-0.2, 0) is 26.2 Å². The zero-order chi connectivity index (χ0) is 20.1. The number of nitrogens with zero attached hydrogens (tertiary/aromatic N) is 1. The van der Waals surface area contributed by atoms with E-state index in [2.05, 4.69) is 0 Å². The molecule has 3 rings (SSSR count). The van der Waals surface area contributed by atoms with Crippen molar-refractivity contribution < 1.29 is 22.7 Å². The molecule has 6 nitrogen and oxygen atoms in total.